The number of aromatic nitrogens is 3. The zero-order valence-corrected chi connectivity index (χ0v) is 39.0. The van der Waals surface area contributed by atoms with Crippen LogP contribution in [0.4, 0.5) is 22.1 Å². The van der Waals surface area contributed by atoms with Crippen LogP contribution < -0.4 is 34.2 Å². The molecule has 67 heavy (non-hydrogen) atoms. The van der Waals surface area contributed by atoms with Crippen LogP contribution in [0.25, 0.3) is 10.9 Å². The number of benzene rings is 3. The Morgan fingerprint density at radius 1 is 0.821 bits per heavy atom. The van der Waals surface area contributed by atoms with Gasteiger partial charge in [0.1, 0.15) is 27.2 Å². The van der Waals surface area contributed by atoms with Crippen LogP contribution in [0, 0.1) is 5.92 Å². The molecular weight excluding hydrogens is 879 g/mol. The molecule has 0 saturated carbocycles. The second-order valence-electron chi connectivity index (χ2n) is 17.5. The van der Waals surface area contributed by atoms with Crippen LogP contribution in [0.3, 0.4) is 0 Å². The standard InChI is InChI=1S/C48H55N9O9S/c1-5-65-41-28-32(6-13-40(41)64-3)39(30-67(4,62)63)57-46(59)37-14-19-49-45(43(37)47(57)60)55-21-16-31(17-22-55)15-20-53-24-26-54(27-25-53)33-7-9-34(10-8-33)66-35-11-12-36-38(29-35)52(2)51-44(36)56-23-18-42(58)50-48(56)61/h6-14,19,28-29,31,39H,5,15-18,20-27,30H2,1-4H3,(H,50,58,61)/t39-/m1/s1. The summed E-state index contributed by atoms with van der Waals surface area (Å²) in [4.78, 5) is 66.6. The summed E-state index contributed by atoms with van der Waals surface area (Å²) in [5, 5.41) is 7.71. The molecule has 0 unspecified atom stereocenters. The van der Waals surface area contributed by atoms with E-state index in [-0.39, 0.29) is 30.0 Å². The van der Waals surface area contributed by atoms with E-state index in [1.165, 1.54) is 12.0 Å². The number of aryl methyl sites for hydroxylation is 1. The first-order chi connectivity index (χ1) is 32.3. The number of nitrogens with zero attached hydrogens (tertiary/aromatic N) is 8. The maximum atomic E-state index is 14.3. The highest BCUT2D eigenvalue weighted by atomic mass is 32.2. The largest absolute Gasteiger partial charge is 0.493 e. The number of piperazine rings is 1. The number of anilines is 3. The molecule has 18 nitrogen and oxygen atoms in total. The van der Waals surface area contributed by atoms with E-state index >= 15 is 0 Å². The molecule has 0 spiro atoms. The molecule has 3 saturated heterocycles. The first-order valence-corrected chi connectivity index (χ1v) is 24.8. The Morgan fingerprint density at radius 3 is 2.27 bits per heavy atom. The van der Waals surface area contributed by atoms with Crippen LogP contribution in [-0.2, 0) is 21.7 Å². The fourth-order valence-corrected chi connectivity index (χ4v) is 10.5. The van der Waals surface area contributed by atoms with E-state index in [0.29, 0.717) is 65.8 Å². The number of urea groups is 1. The molecule has 1 N–H and O–H groups in total. The van der Waals surface area contributed by atoms with E-state index in [0.717, 1.165) is 79.7 Å². The van der Waals surface area contributed by atoms with Gasteiger partial charge in [0.25, 0.3) is 11.8 Å². The lowest BCUT2D eigenvalue weighted by molar-refractivity contribution is -0.120. The zero-order valence-electron chi connectivity index (χ0n) is 38.1. The van der Waals surface area contributed by atoms with E-state index in [1.807, 2.05) is 44.3 Å². The predicted octanol–water partition coefficient (Wildman–Crippen LogP) is 5.42. The molecule has 1 atom stereocenters. The summed E-state index contributed by atoms with van der Waals surface area (Å²) in [7, 11) is -0.320. The Hall–Kier alpha value is -6.73. The molecule has 6 heterocycles. The third-order valence-corrected chi connectivity index (χ3v) is 14.1. The number of sulfone groups is 1. The summed E-state index contributed by atoms with van der Waals surface area (Å²) < 4.78 is 44.6. The first-order valence-electron chi connectivity index (χ1n) is 22.7. The molecule has 0 aliphatic carbocycles. The van der Waals surface area contributed by atoms with E-state index in [1.54, 1.807) is 35.1 Å². The molecule has 2 aromatic heterocycles. The number of ether oxygens (including phenoxy) is 3. The van der Waals surface area contributed by atoms with Crippen molar-refractivity contribution in [2.75, 3.05) is 92.8 Å². The molecule has 4 aliphatic rings. The third-order valence-electron chi connectivity index (χ3n) is 13.1. The highest BCUT2D eigenvalue weighted by Crippen LogP contribution is 2.40. The normalized spacial score (nSPS) is 17.9. The van der Waals surface area contributed by atoms with Crippen molar-refractivity contribution in [1.29, 1.82) is 0 Å². The molecule has 0 radical (unpaired) electrons. The van der Waals surface area contributed by atoms with Crippen molar-refractivity contribution in [3.63, 3.8) is 0 Å². The van der Waals surface area contributed by atoms with Gasteiger partial charge in [-0.1, -0.05) is 6.07 Å². The van der Waals surface area contributed by atoms with Crippen molar-refractivity contribution in [3.05, 3.63) is 89.6 Å². The minimum absolute atomic E-state index is 0.216. The lowest BCUT2D eigenvalue weighted by Crippen LogP contribution is -2.49. The molecule has 352 valence electrons. The molecule has 9 rings (SSSR count). The minimum Gasteiger partial charge on any atom is -0.493 e. The van der Waals surface area contributed by atoms with Gasteiger partial charge in [-0.3, -0.25) is 39.1 Å². The lowest BCUT2D eigenvalue weighted by Gasteiger charge is -2.38. The number of hydrogen-bond acceptors (Lipinski definition) is 14. The van der Waals surface area contributed by atoms with E-state index in [9.17, 15) is 27.6 Å². The van der Waals surface area contributed by atoms with Crippen molar-refractivity contribution < 1.29 is 41.8 Å². The van der Waals surface area contributed by atoms with Crippen LogP contribution in [0.2, 0.25) is 0 Å². The average Bonchev–Trinajstić information content (AvgIpc) is 3.78. The van der Waals surface area contributed by atoms with Gasteiger partial charge >= 0.3 is 6.03 Å². The van der Waals surface area contributed by atoms with Crippen molar-refractivity contribution in [2.45, 2.75) is 38.6 Å². The molecular formula is C48H55N9O9S. The Bertz CT molecular complexity index is 2820. The fraction of sp³-hybridized carbons (Fsp3) is 0.417. The summed E-state index contributed by atoms with van der Waals surface area (Å²) in [6, 6.07) is 18.7. The summed E-state index contributed by atoms with van der Waals surface area (Å²) in [6.45, 7) is 8.54. The van der Waals surface area contributed by atoms with Crippen molar-refractivity contribution in [1.82, 2.24) is 29.9 Å². The second-order valence-corrected chi connectivity index (χ2v) is 19.7. The Morgan fingerprint density at radius 2 is 1.57 bits per heavy atom. The number of carbonyl (C=O) groups excluding carboxylic acids is 4. The number of rotatable bonds is 15. The molecule has 0 bridgehead atoms. The minimum atomic E-state index is -3.64. The average molecular weight is 934 g/mol. The monoisotopic (exact) mass is 933 g/mol. The van der Waals surface area contributed by atoms with Gasteiger partial charge in [-0.05, 0) is 98.8 Å². The first kappa shape index (κ1) is 45.4. The summed E-state index contributed by atoms with van der Waals surface area (Å²) in [5.41, 5.74) is 2.82. The highest BCUT2D eigenvalue weighted by molar-refractivity contribution is 7.90. The number of pyridine rings is 1. The van der Waals surface area contributed by atoms with Crippen molar-refractivity contribution in [2.24, 2.45) is 13.0 Å². The highest BCUT2D eigenvalue weighted by Gasteiger charge is 2.45. The van der Waals surface area contributed by atoms with E-state index in [4.69, 9.17) is 14.2 Å². The van der Waals surface area contributed by atoms with Crippen molar-refractivity contribution in [3.8, 4) is 23.0 Å². The van der Waals surface area contributed by atoms with Crippen LogP contribution in [0.1, 0.15) is 64.9 Å². The van der Waals surface area contributed by atoms with Gasteiger partial charge in [0.05, 0.1) is 42.2 Å². The van der Waals surface area contributed by atoms with E-state index < -0.39 is 39.5 Å². The van der Waals surface area contributed by atoms with Gasteiger partial charge in [-0.25, -0.2) is 18.2 Å². The summed E-state index contributed by atoms with van der Waals surface area (Å²) in [6.07, 6.45) is 5.77. The number of fused-ring (bicyclic) bond motifs is 2. The number of hydrogen-bond donors (Lipinski definition) is 1. The molecule has 4 aliphatic heterocycles. The van der Waals surface area contributed by atoms with Gasteiger partial charge in [0, 0.05) is 88.9 Å². The van der Waals surface area contributed by atoms with Gasteiger partial charge in [0.15, 0.2) is 17.3 Å². The number of methoxy groups -OCH3 is 1. The number of imide groups is 2. The van der Waals surface area contributed by atoms with Gasteiger partial charge in [0.2, 0.25) is 5.91 Å². The number of amides is 5. The summed E-state index contributed by atoms with van der Waals surface area (Å²) >= 11 is 0. The molecule has 5 amide bonds. The quantitative estimate of drug-likeness (QED) is 0.131. The van der Waals surface area contributed by atoms with Crippen LogP contribution in [0.5, 0.6) is 23.0 Å². The second kappa shape index (κ2) is 18.9. The fourth-order valence-electron chi connectivity index (χ4n) is 9.62. The van der Waals surface area contributed by atoms with Crippen molar-refractivity contribution >= 4 is 61.8 Å². The van der Waals surface area contributed by atoms with Crippen LogP contribution in [0.15, 0.2) is 72.9 Å². The van der Waals surface area contributed by atoms with Gasteiger partial charge in [-0.15, -0.1) is 0 Å². The predicted molar refractivity (Wildman–Crippen MR) is 252 cm³/mol. The van der Waals surface area contributed by atoms with E-state index in [2.05, 4.69) is 42.2 Å². The smallest absolute Gasteiger partial charge is 0.329 e. The summed E-state index contributed by atoms with van der Waals surface area (Å²) in [5.74, 6) is 1.82. The molecule has 5 aromatic rings. The maximum absolute atomic E-state index is 14.3. The van der Waals surface area contributed by atoms with Gasteiger partial charge in [-0.2, -0.15) is 5.10 Å². The SMILES string of the molecule is CCOc1cc([C@@H](CS(C)(=O)=O)N2C(=O)c3ccnc(N4CCC(CCN5CCN(c6ccc(Oc7ccc8c(N9CCC(=O)NC9=O)nn(C)c8c7)cc6)CC5)CC4)c3C2=O)ccc1OC. The van der Waals surface area contributed by atoms with Crippen LogP contribution in [-0.4, -0.2) is 135 Å². The Balaban J connectivity index is 0.765. The van der Waals surface area contributed by atoms with Gasteiger partial charge < -0.3 is 24.0 Å². The number of nitrogens with one attached hydrogen (secondary N) is 1. The lowest BCUT2D eigenvalue weighted by atomic mass is 9.93. The zero-order chi connectivity index (χ0) is 47.0. The number of piperidine rings is 1. The van der Waals surface area contributed by atoms with Crippen LogP contribution >= 0.6 is 0 Å². The topological polar surface area (TPSA) is 189 Å². The number of carbonyl (C=O) groups is 4. The maximum Gasteiger partial charge on any atom is 0.329 e. The molecule has 3 aromatic carbocycles. The molecule has 3 fully saturated rings. The third kappa shape index (κ3) is 9.47. The Kier molecular flexibility index (Phi) is 12.8. The molecule has 19 heteroatoms. The Labute approximate surface area is 389 Å².